The van der Waals surface area contributed by atoms with Crippen molar-refractivity contribution >= 4 is 5.84 Å². The Morgan fingerprint density at radius 3 is 2.52 bits per heavy atom. The Bertz CT molecular complexity index is 467. The molecule has 21 heavy (non-hydrogen) atoms. The van der Waals surface area contributed by atoms with Crippen molar-refractivity contribution in [3.8, 4) is 0 Å². The first-order chi connectivity index (χ1) is 9.97. The summed E-state index contributed by atoms with van der Waals surface area (Å²) >= 11 is 0. The van der Waals surface area contributed by atoms with E-state index in [4.69, 9.17) is 15.9 Å². The minimum atomic E-state index is 0.114. The van der Waals surface area contributed by atoms with Crippen molar-refractivity contribution in [2.24, 2.45) is 23.5 Å². The van der Waals surface area contributed by atoms with E-state index in [1.165, 1.54) is 19.3 Å². The van der Waals surface area contributed by atoms with E-state index in [1.807, 2.05) is 24.3 Å². The van der Waals surface area contributed by atoms with Gasteiger partial charge in [0.25, 0.3) is 0 Å². The molecule has 3 nitrogen and oxygen atoms in total. The van der Waals surface area contributed by atoms with Crippen LogP contribution in [0.15, 0.2) is 24.3 Å². The summed E-state index contributed by atoms with van der Waals surface area (Å²) in [6.07, 6.45) is 4.16. The van der Waals surface area contributed by atoms with Gasteiger partial charge in [-0.3, -0.25) is 5.41 Å². The lowest BCUT2D eigenvalue weighted by molar-refractivity contribution is -0.0472. The molecule has 1 aromatic carbocycles. The normalized spacial score (nSPS) is 26.0. The van der Waals surface area contributed by atoms with Crippen molar-refractivity contribution in [3.63, 3.8) is 0 Å². The highest BCUT2D eigenvalue weighted by Crippen LogP contribution is 2.35. The molecule has 3 atom stereocenters. The van der Waals surface area contributed by atoms with E-state index in [0.717, 1.165) is 17.0 Å². The average molecular weight is 288 g/mol. The summed E-state index contributed by atoms with van der Waals surface area (Å²) in [5.74, 6) is 2.24. The highest BCUT2D eigenvalue weighted by atomic mass is 16.5. The SMILES string of the molecule is CC1CCC(C(C)C)C(OCc2ccc(C(=N)N)cc2)C1. The molecular formula is C18H28N2O. The van der Waals surface area contributed by atoms with Crippen LogP contribution >= 0.6 is 0 Å². The summed E-state index contributed by atoms with van der Waals surface area (Å²) in [5, 5.41) is 7.41. The van der Waals surface area contributed by atoms with Crippen LogP contribution in [0.4, 0.5) is 0 Å². The van der Waals surface area contributed by atoms with Crippen LogP contribution in [0.25, 0.3) is 0 Å². The fourth-order valence-electron chi connectivity index (χ4n) is 3.29. The molecule has 3 unspecified atom stereocenters. The van der Waals surface area contributed by atoms with Crippen LogP contribution in [0, 0.1) is 23.2 Å². The van der Waals surface area contributed by atoms with E-state index in [-0.39, 0.29) is 5.84 Å². The second kappa shape index (κ2) is 7.08. The van der Waals surface area contributed by atoms with Crippen LogP contribution in [0.1, 0.15) is 51.2 Å². The molecule has 0 aromatic heterocycles. The van der Waals surface area contributed by atoms with Crippen molar-refractivity contribution in [2.75, 3.05) is 0 Å². The number of nitrogens with two attached hydrogens (primary N) is 1. The summed E-state index contributed by atoms with van der Waals surface area (Å²) < 4.78 is 6.23. The van der Waals surface area contributed by atoms with Gasteiger partial charge in [0.2, 0.25) is 0 Å². The van der Waals surface area contributed by atoms with Gasteiger partial charge in [-0.1, -0.05) is 51.5 Å². The highest BCUT2D eigenvalue weighted by Gasteiger charge is 2.31. The first-order valence-electron chi connectivity index (χ1n) is 8.02. The van der Waals surface area contributed by atoms with Crippen LogP contribution in [0.5, 0.6) is 0 Å². The zero-order chi connectivity index (χ0) is 15.4. The number of rotatable bonds is 5. The Hall–Kier alpha value is -1.35. The molecule has 0 spiro atoms. The fraction of sp³-hybridized carbons (Fsp3) is 0.611. The Labute approximate surface area is 128 Å². The third kappa shape index (κ3) is 4.31. The minimum absolute atomic E-state index is 0.114. The van der Waals surface area contributed by atoms with E-state index in [2.05, 4.69) is 20.8 Å². The topological polar surface area (TPSA) is 59.1 Å². The first kappa shape index (κ1) is 16.0. The minimum Gasteiger partial charge on any atom is -0.384 e. The van der Waals surface area contributed by atoms with Crippen molar-refractivity contribution in [2.45, 2.75) is 52.7 Å². The third-order valence-corrected chi connectivity index (χ3v) is 4.69. The van der Waals surface area contributed by atoms with E-state index >= 15 is 0 Å². The van der Waals surface area contributed by atoms with Gasteiger partial charge in [0.05, 0.1) is 12.7 Å². The molecular weight excluding hydrogens is 260 g/mol. The molecule has 1 fully saturated rings. The smallest absolute Gasteiger partial charge is 0.122 e. The van der Waals surface area contributed by atoms with Gasteiger partial charge in [-0.05, 0) is 36.2 Å². The van der Waals surface area contributed by atoms with Crippen LogP contribution in [-0.2, 0) is 11.3 Å². The number of benzene rings is 1. The molecule has 0 bridgehead atoms. The number of amidine groups is 1. The highest BCUT2D eigenvalue weighted by molar-refractivity contribution is 5.94. The van der Waals surface area contributed by atoms with E-state index in [0.29, 0.717) is 24.5 Å². The summed E-state index contributed by atoms with van der Waals surface area (Å²) in [6.45, 7) is 7.59. The Morgan fingerprint density at radius 1 is 1.29 bits per heavy atom. The molecule has 1 aliphatic rings. The first-order valence-corrected chi connectivity index (χ1v) is 8.02. The molecule has 0 saturated heterocycles. The molecule has 2 rings (SSSR count). The summed E-state index contributed by atoms with van der Waals surface area (Å²) in [5.41, 5.74) is 7.40. The van der Waals surface area contributed by atoms with Crippen LogP contribution in [0.3, 0.4) is 0 Å². The number of hydrogen-bond acceptors (Lipinski definition) is 2. The molecule has 0 amide bonds. The zero-order valence-electron chi connectivity index (χ0n) is 13.4. The fourth-order valence-corrected chi connectivity index (χ4v) is 3.29. The predicted molar refractivity (Wildman–Crippen MR) is 87.4 cm³/mol. The average Bonchev–Trinajstić information content (AvgIpc) is 2.45. The van der Waals surface area contributed by atoms with Gasteiger partial charge in [0.15, 0.2) is 0 Å². The number of hydrogen-bond donors (Lipinski definition) is 2. The molecule has 3 heteroatoms. The number of ether oxygens (including phenoxy) is 1. The monoisotopic (exact) mass is 288 g/mol. The third-order valence-electron chi connectivity index (χ3n) is 4.69. The molecule has 0 aliphatic heterocycles. The Morgan fingerprint density at radius 2 is 1.95 bits per heavy atom. The number of nitrogen functional groups attached to an aromatic ring is 1. The maximum absolute atomic E-state index is 7.41. The van der Waals surface area contributed by atoms with Crippen molar-refractivity contribution < 1.29 is 4.74 Å². The Kier molecular flexibility index (Phi) is 5.40. The van der Waals surface area contributed by atoms with Gasteiger partial charge in [0, 0.05) is 5.56 Å². The van der Waals surface area contributed by atoms with Crippen molar-refractivity contribution in [3.05, 3.63) is 35.4 Å². The molecule has 1 saturated carbocycles. The van der Waals surface area contributed by atoms with Crippen molar-refractivity contribution in [1.82, 2.24) is 0 Å². The molecule has 0 heterocycles. The van der Waals surface area contributed by atoms with E-state index < -0.39 is 0 Å². The standard InChI is InChI=1S/C18H28N2O/c1-12(2)16-9-4-13(3)10-17(16)21-11-14-5-7-15(8-6-14)18(19)20/h5-8,12-13,16-17H,4,9-11H2,1-3H3,(H3,19,20). The number of nitrogens with one attached hydrogen (secondary N) is 1. The van der Waals surface area contributed by atoms with Crippen LogP contribution < -0.4 is 5.73 Å². The lowest BCUT2D eigenvalue weighted by atomic mass is 9.75. The maximum atomic E-state index is 7.41. The zero-order valence-corrected chi connectivity index (χ0v) is 13.4. The molecule has 3 N–H and O–H groups in total. The molecule has 1 aliphatic carbocycles. The van der Waals surface area contributed by atoms with Gasteiger partial charge in [-0.25, -0.2) is 0 Å². The molecule has 0 radical (unpaired) electrons. The lowest BCUT2D eigenvalue weighted by Crippen LogP contribution is -2.34. The van der Waals surface area contributed by atoms with E-state index in [1.54, 1.807) is 0 Å². The largest absolute Gasteiger partial charge is 0.384 e. The lowest BCUT2D eigenvalue weighted by Gasteiger charge is -2.37. The quantitative estimate of drug-likeness (QED) is 0.636. The summed E-state index contributed by atoms with van der Waals surface area (Å²) in [6, 6.07) is 7.80. The predicted octanol–water partition coefficient (Wildman–Crippen LogP) is 3.95. The molecule has 116 valence electrons. The Balaban J connectivity index is 1.95. The second-order valence-electron chi connectivity index (χ2n) is 6.79. The van der Waals surface area contributed by atoms with Crippen LogP contribution in [0.2, 0.25) is 0 Å². The molecule has 1 aromatic rings. The van der Waals surface area contributed by atoms with Crippen molar-refractivity contribution in [1.29, 1.82) is 5.41 Å². The van der Waals surface area contributed by atoms with Gasteiger partial charge in [-0.2, -0.15) is 0 Å². The van der Waals surface area contributed by atoms with Gasteiger partial charge < -0.3 is 10.5 Å². The second-order valence-corrected chi connectivity index (χ2v) is 6.79. The van der Waals surface area contributed by atoms with Gasteiger partial charge in [-0.15, -0.1) is 0 Å². The van der Waals surface area contributed by atoms with Gasteiger partial charge >= 0.3 is 0 Å². The van der Waals surface area contributed by atoms with Gasteiger partial charge in [0.1, 0.15) is 5.84 Å². The maximum Gasteiger partial charge on any atom is 0.122 e. The van der Waals surface area contributed by atoms with E-state index in [9.17, 15) is 0 Å². The summed E-state index contributed by atoms with van der Waals surface area (Å²) in [7, 11) is 0. The van der Waals surface area contributed by atoms with Crippen LogP contribution in [-0.4, -0.2) is 11.9 Å². The summed E-state index contributed by atoms with van der Waals surface area (Å²) in [4.78, 5) is 0.